The van der Waals surface area contributed by atoms with E-state index >= 15 is 0 Å². The first-order valence-corrected chi connectivity index (χ1v) is 11.3. The summed E-state index contributed by atoms with van der Waals surface area (Å²) in [5.41, 5.74) is 4.34. The van der Waals surface area contributed by atoms with Crippen LogP contribution in [-0.2, 0) is 16.0 Å². The number of rotatable bonds is 8. The highest BCUT2D eigenvalue weighted by Crippen LogP contribution is 2.31. The van der Waals surface area contributed by atoms with Crippen molar-refractivity contribution in [3.63, 3.8) is 0 Å². The Morgan fingerprint density at radius 1 is 1.06 bits per heavy atom. The molecule has 1 aliphatic carbocycles. The molecule has 6 nitrogen and oxygen atoms in total. The zero-order valence-electron chi connectivity index (χ0n) is 19.2. The molecule has 1 heterocycles. The number of hydrogen-bond acceptors (Lipinski definition) is 6. The third kappa shape index (κ3) is 5.07. The van der Waals surface area contributed by atoms with Crippen LogP contribution in [-0.4, -0.2) is 29.3 Å². The van der Waals surface area contributed by atoms with Crippen molar-refractivity contribution < 1.29 is 14.1 Å². The molecule has 1 N–H and O–H groups in total. The first kappa shape index (κ1) is 22.2. The lowest BCUT2D eigenvalue weighted by atomic mass is 9.80. The molecule has 0 radical (unpaired) electrons. The molecular formula is C26H31N3O3. The summed E-state index contributed by atoms with van der Waals surface area (Å²) in [5, 5.41) is 7.75. The molecule has 2 aromatic carbocycles. The number of nitrogens with zero attached hydrogens (tertiary/aromatic N) is 2. The Morgan fingerprint density at radius 2 is 1.72 bits per heavy atom. The zero-order chi connectivity index (χ0) is 22.7. The van der Waals surface area contributed by atoms with Crippen LogP contribution < -0.4 is 5.32 Å². The minimum atomic E-state index is -0.106. The number of esters is 1. The number of benzene rings is 2. The molecule has 4 rings (SSSR count). The van der Waals surface area contributed by atoms with E-state index in [0.29, 0.717) is 23.7 Å². The quantitative estimate of drug-likeness (QED) is 0.492. The fraction of sp³-hybridized carbons (Fsp3) is 0.423. The molecule has 3 aromatic rings. The molecule has 0 unspecified atom stereocenters. The number of nitrogens with one attached hydrogen (secondary N) is 1. The molecule has 168 valence electrons. The van der Waals surface area contributed by atoms with Crippen LogP contribution in [0.1, 0.15) is 50.8 Å². The van der Waals surface area contributed by atoms with E-state index in [2.05, 4.69) is 60.5 Å². The van der Waals surface area contributed by atoms with Gasteiger partial charge in [-0.15, -0.1) is 0 Å². The van der Waals surface area contributed by atoms with Crippen LogP contribution in [0.15, 0.2) is 53.1 Å². The standard InChI is InChI=1S/C26H31N3O3/c1-16(2)13-18-5-7-21(8-6-18)25-28-24(29-32-25)20-11-9-19(10-12-20)17(3)27-23-14-22(15-23)26(30)31-4/h5-12,16-17,22-23,27H,13-15H2,1-4H3/t17-,22-,23-/m1/s1. The Hall–Kier alpha value is -2.99. The van der Waals surface area contributed by atoms with Crippen molar-refractivity contribution >= 4 is 5.97 Å². The van der Waals surface area contributed by atoms with E-state index in [1.807, 2.05) is 24.3 Å². The topological polar surface area (TPSA) is 77.2 Å². The third-order valence-corrected chi connectivity index (χ3v) is 6.10. The van der Waals surface area contributed by atoms with Gasteiger partial charge in [0.05, 0.1) is 13.0 Å². The molecule has 1 atom stereocenters. The Balaban J connectivity index is 1.36. The monoisotopic (exact) mass is 433 g/mol. The van der Waals surface area contributed by atoms with Crippen molar-refractivity contribution in [1.82, 2.24) is 15.5 Å². The lowest BCUT2D eigenvalue weighted by Gasteiger charge is -2.36. The zero-order valence-corrected chi connectivity index (χ0v) is 19.2. The molecule has 1 aromatic heterocycles. The van der Waals surface area contributed by atoms with Gasteiger partial charge in [0, 0.05) is 23.2 Å². The van der Waals surface area contributed by atoms with Crippen molar-refractivity contribution in [3.05, 3.63) is 59.7 Å². The van der Waals surface area contributed by atoms with Gasteiger partial charge in [-0.05, 0) is 55.4 Å². The number of carbonyl (C=O) groups excluding carboxylic acids is 1. The number of hydrogen-bond donors (Lipinski definition) is 1. The highest BCUT2D eigenvalue weighted by molar-refractivity contribution is 5.73. The van der Waals surface area contributed by atoms with Gasteiger partial charge in [-0.1, -0.05) is 55.4 Å². The van der Waals surface area contributed by atoms with E-state index in [4.69, 9.17) is 9.26 Å². The second kappa shape index (κ2) is 9.65. The molecule has 6 heteroatoms. The Morgan fingerprint density at radius 3 is 2.34 bits per heavy atom. The molecule has 1 saturated carbocycles. The maximum Gasteiger partial charge on any atom is 0.308 e. The lowest BCUT2D eigenvalue weighted by molar-refractivity contribution is -0.149. The Kier molecular flexibility index (Phi) is 6.70. The molecule has 0 amide bonds. The van der Waals surface area contributed by atoms with E-state index in [0.717, 1.165) is 30.4 Å². The number of aromatic nitrogens is 2. The van der Waals surface area contributed by atoms with Crippen molar-refractivity contribution in [1.29, 1.82) is 0 Å². The van der Waals surface area contributed by atoms with Crippen LogP contribution in [0.4, 0.5) is 0 Å². The van der Waals surface area contributed by atoms with Crippen LogP contribution in [0.5, 0.6) is 0 Å². The summed E-state index contributed by atoms with van der Waals surface area (Å²) in [6, 6.07) is 17.1. The average Bonchev–Trinajstić information content (AvgIpc) is 3.26. The molecule has 32 heavy (non-hydrogen) atoms. The maximum absolute atomic E-state index is 11.5. The minimum Gasteiger partial charge on any atom is -0.469 e. The fourth-order valence-electron chi connectivity index (χ4n) is 4.20. The van der Waals surface area contributed by atoms with Crippen LogP contribution in [0.25, 0.3) is 22.8 Å². The molecule has 0 aliphatic heterocycles. The van der Waals surface area contributed by atoms with Gasteiger partial charge in [0.15, 0.2) is 0 Å². The van der Waals surface area contributed by atoms with E-state index in [9.17, 15) is 4.79 Å². The fourth-order valence-corrected chi connectivity index (χ4v) is 4.20. The van der Waals surface area contributed by atoms with Crippen molar-refractivity contribution in [2.24, 2.45) is 11.8 Å². The number of ether oxygens (including phenoxy) is 1. The number of methoxy groups -OCH3 is 1. The van der Waals surface area contributed by atoms with Gasteiger partial charge in [-0.25, -0.2) is 0 Å². The molecule has 0 spiro atoms. The second-order valence-electron chi connectivity index (χ2n) is 9.12. The highest BCUT2D eigenvalue weighted by atomic mass is 16.5. The predicted octanol–water partition coefficient (Wildman–Crippen LogP) is 5.20. The summed E-state index contributed by atoms with van der Waals surface area (Å²) in [6.45, 7) is 6.57. The Labute approximate surface area is 189 Å². The lowest BCUT2D eigenvalue weighted by Crippen LogP contribution is -2.45. The van der Waals surface area contributed by atoms with Gasteiger partial charge in [0.1, 0.15) is 0 Å². The first-order valence-electron chi connectivity index (χ1n) is 11.3. The van der Waals surface area contributed by atoms with Crippen molar-refractivity contribution in [2.75, 3.05) is 7.11 Å². The van der Waals surface area contributed by atoms with E-state index < -0.39 is 0 Å². The van der Waals surface area contributed by atoms with Gasteiger partial charge < -0.3 is 14.6 Å². The van der Waals surface area contributed by atoms with Crippen LogP contribution >= 0.6 is 0 Å². The highest BCUT2D eigenvalue weighted by Gasteiger charge is 2.35. The van der Waals surface area contributed by atoms with Gasteiger partial charge in [-0.3, -0.25) is 4.79 Å². The largest absolute Gasteiger partial charge is 0.469 e. The van der Waals surface area contributed by atoms with Crippen LogP contribution in [0.2, 0.25) is 0 Å². The SMILES string of the molecule is COC(=O)[C@H]1C[C@H](N[C@H](C)c2ccc(-c3noc(-c4ccc(CC(C)C)cc4)n3)cc2)C1. The summed E-state index contributed by atoms with van der Waals surface area (Å²) >= 11 is 0. The van der Waals surface area contributed by atoms with Crippen molar-refractivity contribution in [3.8, 4) is 22.8 Å². The first-order chi connectivity index (χ1) is 15.4. The minimum absolute atomic E-state index is 0.0333. The summed E-state index contributed by atoms with van der Waals surface area (Å²) in [5.74, 6) is 1.66. The predicted molar refractivity (Wildman–Crippen MR) is 124 cm³/mol. The van der Waals surface area contributed by atoms with E-state index in [-0.39, 0.29) is 17.9 Å². The molecule has 1 aliphatic rings. The summed E-state index contributed by atoms with van der Waals surface area (Å²) < 4.78 is 10.3. The van der Waals surface area contributed by atoms with Gasteiger partial charge in [0.2, 0.25) is 5.82 Å². The Bertz CT molecular complexity index is 1030. The summed E-state index contributed by atoms with van der Waals surface area (Å²) in [4.78, 5) is 16.1. The van der Waals surface area contributed by atoms with Gasteiger partial charge in [0.25, 0.3) is 5.89 Å². The second-order valence-corrected chi connectivity index (χ2v) is 9.12. The average molecular weight is 434 g/mol. The molecule has 1 fully saturated rings. The van der Waals surface area contributed by atoms with Crippen LogP contribution in [0.3, 0.4) is 0 Å². The van der Waals surface area contributed by atoms with Gasteiger partial charge in [-0.2, -0.15) is 4.98 Å². The maximum atomic E-state index is 11.5. The third-order valence-electron chi connectivity index (χ3n) is 6.10. The smallest absolute Gasteiger partial charge is 0.308 e. The molecule has 0 saturated heterocycles. The summed E-state index contributed by atoms with van der Waals surface area (Å²) in [7, 11) is 1.45. The summed E-state index contributed by atoms with van der Waals surface area (Å²) in [6.07, 6.45) is 2.72. The van der Waals surface area contributed by atoms with Crippen LogP contribution in [0, 0.1) is 11.8 Å². The number of carbonyl (C=O) groups is 1. The molecular weight excluding hydrogens is 402 g/mol. The normalized spacial score (nSPS) is 18.9. The molecule has 0 bridgehead atoms. The van der Waals surface area contributed by atoms with Crippen molar-refractivity contribution in [2.45, 2.75) is 52.1 Å². The van der Waals surface area contributed by atoms with Gasteiger partial charge >= 0.3 is 5.97 Å². The van der Waals surface area contributed by atoms with E-state index in [1.165, 1.54) is 18.2 Å². The van der Waals surface area contributed by atoms with E-state index in [1.54, 1.807) is 0 Å².